The summed E-state index contributed by atoms with van der Waals surface area (Å²) in [4.78, 5) is 11.1. The van der Waals surface area contributed by atoms with Gasteiger partial charge in [-0.3, -0.25) is 4.79 Å². The number of halogens is 2. The number of carbonyl (C=O) groups is 1. The molecule has 2 N–H and O–H groups in total. The van der Waals surface area contributed by atoms with Gasteiger partial charge in [0.25, 0.3) is 0 Å². The molecule has 17 heavy (non-hydrogen) atoms. The lowest BCUT2D eigenvalue weighted by Crippen LogP contribution is -2.16. The number of hydrogen-bond acceptors (Lipinski definition) is 3. The Balaban J connectivity index is 0.00000256. The van der Waals surface area contributed by atoms with E-state index in [-0.39, 0.29) is 30.6 Å². The Labute approximate surface area is 107 Å². The summed E-state index contributed by atoms with van der Waals surface area (Å²) < 4.78 is 17.9. The van der Waals surface area contributed by atoms with E-state index in [0.717, 1.165) is 5.56 Å². The quantitative estimate of drug-likeness (QED) is 0.851. The number of esters is 1. The number of aryl methyl sites for hydroxylation is 2. The van der Waals surface area contributed by atoms with Gasteiger partial charge in [-0.1, -0.05) is 12.1 Å². The zero-order valence-electron chi connectivity index (χ0n) is 10.1. The van der Waals surface area contributed by atoms with Crippen LogP contribution in [0.4, 0.5) is 4.39 Å². The van der Waals surface area contributed by atoms with E-state index >= 15 is 0 Å². The van der Waals surface area contributed by atoms with Gasteiger partial charge in [-0.05, 0) is 30.5 Å². The summed E-state index contributed by atoms with van der Waals surface area (Å²) in [5.74, 6) is -0.596. The highest BCUT2D eigenvalue weighted by atomic mass is 35.5. The molecule has 0 amide bonds. The molecule has 1 aromatic rings. The molecule has 5 heteroatoms. The first kappa shape index (κ1) is 15.9. The van der Waals surface area contributed by atoms with Crippen LogP contribution in [0.1, 0.15) is 29.2 Å². The van der Waals surface area contributed by atoms with Crippen molar-refractivity contribution >= 4 is 18.4 Å². The Morgan fingerprint density at radius 3 is 2.29 bits per heavy atom. The Bertz CT molecular complexity index is 386. The first-order valence-electron chi connectivity index (χ1n) is 5.04. The molecule has 0 aromatic heterocycles. The van der Waals surface area contributed by atoms with Gasteiger partial charge in [0.1, 0.15) is 5.82 Å². The van der Waals surface area contributed by atoms with Gasteiger partial charge in [-0.15, -0.1) is 12.4 Å². The highest BCUT2D eigenvalue weighted by Crippen LogP contribution is 2.20. The van der Waals surface area contributed by atoms with E-state index in [1.807, 2.05) is 0 Å². The Morgan fingerprint density at radius 2 is 1.88 bits per heavy atom. The maximum atomic E-state index is 13.4. The molecule has 1 unspecified atom stereocenters. The fraction of sp³-hybridized carbons (Fsp3) is 0.417. The van der Waals surface area contributed by atoms with E-state index in [0.29, 0.717) is 11.1 Å². The second-order valence-corrected chi connectivity index (χ2v) is 3.86. The Hall–Kier alpha value is -1.13. The summed E-state index contributed by atoms with van der Waals surface area (Å²) in [6.07, 6.45) is 0.0982. The molecule has 1 atom stereocenters. The monoisotopic (exact) mass is 261 g/mol. The Kier molecular flexibility index (Phi) is 6.13. The van der Waals surface area contributed by atoms with E-state index in [1.165, 1.54) is 7.11 Å². The van der Waals surface area contributed by atoms with Crippen LogP contribution in [0, 0.1) is 19.7 Å². The third-order valence-corrected chi connectivity index (χ3v) is 2.50. The van der Waals surface area contributed by atoms with E-state index in [1.54, 1.807) is 26.0 Å². The second kappa shape index (κ2) is 6.57. The van der Waals surface area contributed by atoms with Crippen LogP contribution >= 0.6 is 12.4 Å². The van der Waals surface area contributed by atoms with Gasteiger partial charge in [-0.25, -0.2) is 4.39 Å². The van der Waals surface area contributed by atoms with Gasteiger partial charge in [0.15, 0.2) is 0 Å². The number of benzene rings is 1. The molecule has 96 valence electrons. The van der Waals surface area contributed by atoms with Crippen LogP contribution in [-0.2, 0) is 9.53 Å². The SMILES string of the molecule is COC(=O)CC(N)c1cc(C)c(F)c(C)c1.Cl. The lowest BCUT2D eigenvalue weighted by atomic mass is 9.99. The lowest BCUT2D eigenvalue weighted by Gasteiger charge is -2.13. The van der Waals surface area contributed by atoms with Crippen LogP contribution in [0.2, 0.25) is 0 Å². The van der Waals surface area contributed by atoms with E-state index in [2.05, 4.69) is 4.74 Å². The van der Waals surface area contributed by atoms with E-state index < -0.39 is 6.04 Å². The molecular weight excluding hydrogens is 245 g/mol. The summed E-state index contributed by atoms with van der Waals surface area (Å²) in [6.45, 7) is 3.35. The number of hydrogen-bond donors (Lipinski definition) is 1. The lowest BCUT2D eigenvalue weighted by molar-refractivity contribution is -0.141. The number of ether oxygens (including phenoxy) is 1. The molecule has 0 fully saturated rings. The average molecular weight is 262 g/mol. The van der Waals surface area contributed by atoms with E-state index in [4.69, 9.17) is 5.73 Å². The maximum absolute atomic E-state index is 13.4. The summed E-state index contributed by atoms with van der Waals surface area (Å²) in [7, 11) is 1.32. The van der Waals surface area contributed by atoms with Gasteiger partial charge >= 0.3 is 5.97 Å². The highest BCUT2D eigenvalue weighted by molar-refractivity contribution is 5.85. The van der Waals surface area contributed by atoms with Crippen molar-refractivity contribution in [2.24, 2.45) is 5.73 Å². The first-order valence-corrected chi connectivity index (χ1v) is 5.04. The summed E-state index contributed by atoms with van der Waals surface area (Å²) >= 11 is 0. The maximum Gasteiger partial charge on any atom is 0.307 e. The van der Waals surface area contributed by atoms with Crippen LogP contribution in [0.15, 0.2) is 12.1 Å². The normalized spacial score (nSPS) is 11.6. The largest absolute Gasteiger partial charge is 0.469 e. The molecule has 0 saturated heterocycles. The number of nitrogens with two attached hydrogens (primary N) is 1. The molecule has 0 aliphatic carbocycles. The van der Waals surface area contributed by atoms with Crippen LogP contribution in [0.3, 0.4) is 0 Å². The van der Waals surface area contributed by atoms with Gasteiger partial charge in [-0.2, -0.15) is 0 Å². The molecule has 0 radical (unpaired) electrons. The van der Waals surface area contributed by atoms with Crippen LogP contribution in [0.5, 0.6) is 0 Å². The smallest absolute Gasteiger partial charge is 0.307 e. The fourth-order valence-corrected chi connectivity index (χ4v) is 1.57. The van der Waals surface area contributed by atoms with Crippen molar-refractivity contribution in [3.05, 3.63) is 34.6 Å². The van der Waals surface area contributed by atoms with Crippen LogP contribution in [0.25, 0.3) is 0 Å². The van der Waals surface area contributed by atoms with Crippen molar-refractivity contribution in [3.63, 3.8) is 0 Å². The minimum atomic E-state index is -0.453. The predicted octanol–water partition coefficient (Wildman–Crippen LogP) is 2.43. The van der Waals surface area contributed by atoms with Gasteiger partial charge in [0, 0.05) is 6.04 Å². The minimum absolute atomic E-state index is 0. The molecule has 0 saturated carbocycles. The fourth-order valence-electron chi connectivity index (χ4n) is 1.57. The first-order chi connectivity index (χ1) is 7.45. The van der Waals surface area contributed by atoms with Crippen LogP contribution in [-0.4, -0.2) is 13.1 Å². The molecule has 0 spiro atoms. The van der Waals surface area contributed by atoms with Gasteiger partial charge < -0.3 is 10.5 Å². The number of carbonyl (C=O) groups excluding carboxylic acids is 1. The third-order valence-electron chi connectivity index (χ3n) is 2.50. The van der Waals surface area contributed by atoms with Crippen molar-refractivity contribution in [2.45, 2.75) is 26.3 Å². The van der Waals surface area contributed by atoms with E-state index in [9.17, 15) is 9.18 Å². The average Bonchev–Trinajstić information content (AvgIpc) is 2.24. The molecule has 3 nitrogen and oxygen atoms in total. The molecule has 0 aliphatic heterocycles. The van der Waals surface area contributed by atoms with Crippen molar-refractivity contribution in [1.82, 2.24) is 0 Å². The molecule has 1 rings (SSSR count). The van der Waals surface area contributed by atoms with Gasteiger partial charge in [0.2, 0.25) is 0 Å². The second-order valence-electron chi connectivity index (χ2n) is 3.86. The Morgan fingerprint density at radius 1 is 1.41 bits per heavy atom. The summed E-state index contributed by atoms with van der Waals surface area (Å²) in [5.41, 5.74) is 7.66. The summed E-state index contributed by atoms with van der Waals surface area (Å²) in [5, 5.41) is 0. The molecule has 0 aliphatic rings. The molecule has 1 aromatic carbocycles. The molecular formula is C12H17ClFNO2. The number of rotatable bonds is 3. The van der Waals surface area contributed by atoms with Crippen molar-refractivity contribution in [2.75, 3.05) is 7.11 Å². The van der Waals surface area contributed by atoms with Gasteiger partial charge in [0.05, 0.1) is 13.5 Å². The standard InChI is InChI=1S/C12H16FNO2.ClH/c1-7-4-9(5-8(2)12(7)13)10(14)6-11(15)16-3;/h4-5,10H,6,14H2,1-3H3;1H. The third kappa shape index (κ3) is 3.98. The zero-order chi connectivity index (χ0) is 12.3. The highest BCUT2D eigenvalue weighted by Gasteiger charge is 2.14. The zero-order valence-corrected chi connectivity index (χ0v) is 10.9. The summed E-state index contributed by atoms with van der Waals surface area (Å²) in [6, 6.07) is 2.87. The van der Waals surface area contributed by atoms with Crippen molar-refractivity contribution < 1.29 is 13.9 Å². The predicted molar refractivity (Wildman–Crippen MR) is 66.7 cm³/mol. The van der Waals surface area contributed by atoms with Crippen molar-refractivity contribution in [3.8, 4) is 0 Å². The molecule has 0 heterocycles. The topological polar surface area (TPSA) is 52.3 Å². The minimum Gasteiger partial charge on any atom is -0.469 e. The molecule has 0 bridgehead atoms. The van der Waals surface area contributed by atoms with Crippen molar-refractivity contribution in [1.29, 1.82) is 0 Å². The number of methoxy groups -OCH3 is 1. The van der Waals surface area contributed by atoms with Crippen LogP contribution < -0.4 is 5.73 Å².